The minimum atomic E-state index is -0.864. The number of esters is 1. The third-order valence-electron chi connectivity index (χ3n) is 4.86. The van der Waals surface area contributed by atoms with E-state index >= 15 is 0 Å². The van der Waals surface area contributed by atoms with Crippen molar-refractivity contribution in [3.05, 3.63) is 88.6 Å². The summed E-state index contributed by atoms with van der Waals surface area (Å²) >= 11 is 0. The molecule has 0 saturated heterocycles. The lowest BCUT2D eigenvalue weighted by molar-refractivity contribution is -0.136. The summed E-state index contributed by atoms with van der Waals surface area (Å²) in [5.41, 5.74) is 2.49. The quantitative estimate of drug-likeness (QED) is 0.786. The van der Waals surface area contributed by atoms with E-state index in [1.54, 1.807) is 18.4 Å². The number of methoxy groups -OCH3 is 1. The molecule has 0 aromatic heterocycles. The van der Waals surface area contributed by atoms with E-state index in [0.717, 1.165) is 11.3 Å². The van der Waals surface area contributed by atoms with Crippen LogP contribution >= 0.6 is 0 Å². The first-order valence-electron chi connectivity index (χ1n) is 8.86. The SMILES string of the molecule is COC(=O)C1=C/C(=C/Nc2ccccc2)C2=C1C(=O)C1C(O)=CC(C)=CC1O2. The molecule has 3 aliphatic rings. The summed E-state index contributed by atoms with van der Waals surface area (Å²) in [6.45, 7) is 1.82. The van der Waals surface area contributed by atoms with Crippen LogP contribution in [0.1, 0.15) is 6.92 Å². The molecule has 1 aromatic rings. The Morgan fingerprint density at radius 2 is 2.00 bits per heavy atom. The smallest absolute Gasteiger partial charge is 0.338 e. The Morgan fingerprint density at radius 1 is 1.25 bits per heavy atom. The lowest BCUT2D eigenvalue weighted by atomic mass is 9.82. The maximum Gasteiger partial charge on any atom is 0.338 e. The zero-order valence-corrected chi connectivity index (χ0v) is 15.4. The minimum absolute atomic E-state index is 0.0643. The van der Waals surface area contributed by atoms with Crippen molar-refractivity contribution in [2.24, 2.45) is 5.92 Å². The summed E-state index contributed by atoms with van der Waals surface area (Å²) in [5, 5.41) is 13.4. The Bertz CT molecular complexity index is 1010. The molecule has 0 bridgehead atoms. The van der Waals surface area contributed by atoms with Gasteiger partial charge in [-0.1, -0.05) is 18.2 Å². The number of allylic oxidation sites excluding steroid dienone is 3. The van der Waals surface area contributed by atoms with Crippen molar-refractivity contribution >= 4 is 17.4 Å². The molecular formula is C22H19NO5. The van der Waals surface area contributed by atoms with E-state index in [2.05, 4.69) is 5.32 Å². The van der Waals surface area contributed by atoms with Crippen LogP contribution < -0.4 is 5.32 Å². The number of para-hydroxylation sites is 1. The Hall–Kier alpha value is -3.54. The molecule has 2 unspecified atom stereocenters. The number of nitrogens with one attached hydrogen (secondary N) is 1. The molecule has 0 radical (unpaired) electrons. The fourth-order valence-electron chi connectivity index (χ4n) is 3.58. The van der Waals surface area contributed by atoms with Gasteiger partial charge in [0.15, 0.2) is 5.78 Å². The van der Waals surface area contributed by atoms with Gasteiger partial charge in [-0.05, 0) is 42.9 Å². The van der Waals surface area contributed by atoms with E-state index < -0.39 is 18.0 Å². The molecule has 2 aliphatic carbocycles. The molecule has 1 aromatic carbocycles. The molecule has 1 heterocycles. The number of hydrogen-bond donors (Lipinski definition) is 2. The van der Waals surface area contributed by atoms with Crippen molar-refractivity contribution in [3.63, 3.8) is 0 Å². The normalized spacial score (nSPS) is 24.6. The molecule has 28 heavy (non-hydrogen) atoms. The van der Waals surface area contributed by atoms with E-state index in [1.807, 2.05) is 37.3 Å². The van der Waals surface area contributed by atoms with Gasteiger partial charge in [-0.2, -0.15) is 0 Å². The second-order valence-corrected chi connectivity index (χ2v) is 6.77. The van der Waals surface area contributed by atoms with Crippen LogP contribution in [0.3, 0.4) is 0 Å². The molecular weight excluding hydrogens is 358 g/mol. The van der Waals surface area contributed by atoms with Crippen LogP contribution in [-0.2, 0) is 19.1 Å². The Morgan fingerprint density at radius 3 is 2.71 bits per heavy atom. The van der Waals surface area contributed by atoms with E-state index in [-0.39, 0.29) is 22.7 Å². The molecule has 6 nitrogen and oxygen atoms in total. The summed E-state index contributed by atoms with van der Waals surface area (Å²) in [4.78, 5) is 25.4. The number of fused-ring (bicyclic) bond motifs is 1. The first-order chi connectivity index (χ1) is 13.5. The summed E-state index contributed by atoms with van der Waals surface area (Å²) in [6.07, 6.45) is 5.96. The number of carbonyl (C=O) groups excluding carboxylic acids is 2. The summed E-state index contributed by atoms with van der Waals surface area (Å²) in [6, 6.07) is 9.48. The van der Waals surface area contributed by atoms with E-state index in [0.29, 0.717) is 11.3 Å². The van der Waals surface area contributed by atoms with Crippen LogP contribution in [0.2, 0.25) is 0 Å². The van der Waals surface area contributed by atoms with E-state index in [4.69, 9.17) is 9.47 Å². The molecule has 0 spiro atoms. The second kappa shape index (κ2) is 6.88. The number of ether oxygens (including phenoxy) is 2. The molecule has 142 valence electrons. The van der Waals surface area contributed by atoms with Gasteiger partial charge in [-0.15, -0.1) is 0 Å². The zero-order chi connectivity index (χ0) is 19.8. The number of Topliss-reactive ketones (excluding diaryl/α,β-unsaturated/α-hetero) is 1. The summed E-state index contributed by atoms with van der Waals surface area (Å²) in [5.74, 6) is -1.60. The molecule has 2 atom stereocenters. The third kappa shape index (κ3) is 2.93. The van der Waals surface area contributed by atoms with Crippen molar-refractivity contribution < 1.29 is 24.2 Å². The van der Waals surface area contributed by atoms with Gasteiger partial charge < -0.3 is 19.9 Å². The number of hydrogen-bond acceptors (Lipinski definition) is 6. The predicted molar refractivity (Wildman–Crippen MR) is 103 cm³/mol. The molecule has 1 aliphatic heterocycles. The lowest BCUT2D eigenvalue weighted by Crippen LogP contribution is -2.38. The highest BCUT2D eigenvalue weighted by molar-refractivity contribution is 6.15. The first-order valence-corrected chi connectivity index (χ1v) is 8.86. The monoisotopic (exact) mass is 377 g/mol. The average molecular weight is 377 g/mol. The standard InChI is InChI=1S/C22H19NO5/c1-12-8-16(24)19-17(9-12)28-21-13(11-23-14-6-4-3-5-7-14)10-15(22(26)27-2)18(21)20(19)25/h3-11,17,19,23-24H,1-2H3/b13-11-. The van der Waals surface area contributed by atoms with Crippen molar-refractivity contribution in [3.8, 4) is 0 Å². The fourth-order valence-corrected chi connectivity index (χ4v) is 3.58. The number of rotatable bonds is 3. The van der Waals surface area contributed by atoms with Crippen LogP contribution in [-0.4, -0.2) is 30.1 Å². The molecule has 0 saturated carbocycles. The van der Waals surface area contributed by atoms with E-state index in [1.165, 1.54) is 13.2 Å². The van der Waals surface area contributed by atoms with Gasteiger partial charge in [-0.25, -0.2) is 4.79 Å². The van der Waals surface area contributed by atoms with Crippen LogP contribution in [0.15, 0.2) is 88.6 Å². The third-order valence-corrected chi connectivity index (χ3v) is 4.86. The topological polar surface area (TPSA) is 84.9 Å². The first kappa shape index (κ1) is 17.9. The summed E-state index contributed by atoms with van der Waals surface area (Å²) in [7, 11) is 1.26. The predicted octanol–water partition coefficient (Wildman–Crippen LogP) is 3.34. The van der Waals surface area contributed by atoms with Crippen LogP contribution in [0.4, 0.5) is 5.69 Å². The van der Waals surface area contributed by atoms with Gasteiger partial charge in [0.2, 0.25) is 0 Å². The lowest BCUT2D eigenvalue weighted by Gasteiger charge is -2.33. The van der Waals surface area contributed by atoms with Gasteiger partial charge in [0.25, 0.3) is 0 Å². The molecule has 2 N–H and O–H groups in total. The molecule has 0 fully saturated rings. The molecule has 4 rings (SSSR count). The van der Waals surface area contributed by atoms with Gasteiger partial charge in [0, 0.05) is 17.5 Å². The molecule has 0 amide bonds. The minimum Gasteiger partial charge on any atom is -0.511 e. The van der Waals surface area contributed by atoms with Crippen LogP contribution in [0.5, 0.6) is 0 Å². The van der Waals surface area contributed by atoms with Crippen LogP contribution in [0.25, 0.3) is 0 Å². The highest BCUT2D eigenvalue weighted by atomic mass is 16.5. The van der Waals surface area contributed by atoms with Crippen molar-refractivity contribution in [2.75, 3.05) is 12.4 Å². The zero-order valence-electron chi connectivity index (χ0n) is 15.4. The molecule has 6 heteroatoms. The maximum atomic E-state index is 13.1. The number of carbonyl (C=O) groups is 2. The number of aliphatic hydroxyl groups excluding tert-OH is 1. The second-order valence-electron chi connectivity index (χ2n) is 6.77. The van der Waals surface area contributed by atoms with Gasteiger partial charge in [-0.3, -0.25) is 4.79 Å². The number of benzene rings is 1. The Kier molecular flexibility index (Phi) is 4.39. The highest BCUT2D eigenvalue weighted by Gasteiger charge is 2.47. The van der Waals surface area contributed by atoms with E-state index in [9.17, 15) is 14.7 Å². The largest absolute Gasteiger partial charge is 0.511 e. The maximum absolute atomic E-state index is 13.1. The number of ketones is 1. The van der Waals surface area contributed by atoms with Gasteiger partial charge >= 0.3 is 5.97 Å². The van der Waals surface area contributed by atoms with Gasteiger partial charge in [0.05, 0.1) is 18.3 Å². The van der Waals surface area contributed by atoms with Crippen molar-refractivity contribution in [1.82, 2.24) is 0 Å². The highest BCUT2D eigenvalue weighted by Crippen LogP contribution is 2.43. The number of anilines is 1. The Balaban J connectivity index is 1.76. The van der Waals surface area contributed by atoms with Gasteiger partial charge in [0.1, 0.15) is 23.5 Å². The average Bonchev–Trinajstić information content (AvgIpc) is 3.05. The fraction of sp³-hybridized carbons (Fsp3) is 0.182. The Labute approximate surface area is 162 Å². The summed E-state index contributed by atoms with van der Waals surface area (Å²) < 4.78 is 10.9. The van der Waals surface area contributed by atoms with Crippen molar-refractivity contribution in [1.29, 1.82) is 0 Å². The number of aliphatic hydroxyl groups is 1. The van der Waals surface area contributed by atoms with Crippen LogP contribution in [0, 0.1) is 5.92 Å². The van der Waals surface area contributed by atoms with Crippen molar-refractivity contribution in [2.45, 2.75) is 13.0 Å².